The van der Waals surface area contributed by atoms with Crippen LogP contribution in [-0.4, -0.2) is 61.4 Å². The molecule has 0 aliphatic carbocycles. The summed E-state index contributed by atoms with van der Waals surface area (Å²) in [6.45, 7) is 13.3. The second kappa shape index (κ2) is 41.3. The van der Waals surface area contributed by atoms with E-state index < -0.39 is 6.04 Å². The van der Waals surface area contributed by atoms with Crippen LogP contribution in [0.25, 0.3) is 0 Å². The van der Waals surface area contributed by atoms with E-state index >= 15 is 0 Å². The third-order valence-corrected chi connectivity index (χ3v) is 11.3. The van der Waals surface area contributed by atoms with E-state index in [1.165, 1.54) is 140 Å². The number of amides is 2. The van der Waals surface area contributed by atoms with Crippen LogP contribution in [0, 0.1) is 5.92 Å². The molecule has 328 valence electrons. The van der Waals surface area contributed by atoms with Crippen molar-refractivity contribution < 1.29 is 9.59 Å². The molecule has 0 fully saturated rings. The number of nitrogens with one attached hydrogen (secondary N) is 1. The molecule has 0 bridgehead atoms. The van der Waals surface area contributed by atoms with Crippen LogP contribution in [0.4, 0.5) is 0 Å². The van der Waals surface area contributed by atoms with Crippen molar-refractivity contribution in [2.24, 2.45) is 5.92 Å². The van der Waals surface area contributed by atoms with E-state index in [0.29, 0.717) is 19.5 Å². The Morgan fingerprint density at radius 1 is 0.554 bits per heavy atom. The number of rotatable bonds is 41. The molecule has 0 saturated heterocycles. The fourth-order valence-electron chi connectivity index (χ4n) is 7.70. The molecule has 5 heteroatoms. The fourth-order valence-corrected chi connectivity index (χ4v) is 7.70. The zero-order valence-corrected chi connectivity index (χ0v) is 38.8. The van der Waals surface area contributed by atoms with E-state index in [9.17, 15) is 9.59 Å². The summed E-state index contributed by atoms with van der Waals surface area (Å²) >= 11 is 0. The van der Waals surface area contributed by atoms with Gasteiger partial charge in [-0.15, -0.1) is 0 Å². The molecule has 0 spiro atoms. The van der Waals surface area contributed by atoms with Crippen molar-refractivity contribution in [2.45, 2.75) is 240 Å². The molecule has 1 N–H and O–H groups in total. The van der Waals surface area contributed by atoms with Gasteiger partial charge in [-0.1, -0.05) is 185 Å². The average molecular weight is 784 g/mol. The lowest BCUT2D eigenvalue weighted by Crippen LogP contribution is -2.53. The zero-order valence-electron chi connectivity index (χ0n) is 38.8. The Hall–Kier alpha value is -1.88. The smallest absolute Gasteiger partial charge is 0.243 e. The predicted octanol–water partition coefficient (Wildman–Crippen LogP) is 14.7. The molecule has 2 atom stereocenters. The van der Waals surface area contributed by atoms with E-state index in [0.717, 1.165) is 64.3 Å². The van der Waals surface area contributed by atoms with Gasteiger partial charge in [-0.05, 0) is 105 Å². The molecule has 5 nitrogen and oxygen atoms in total. The van der Waals surface area contributed by atoms with Crippen LogP contribution in [0.1, 0.15) is 234 Å². The van der Waals surface area contributed by atoms with Gasteiger partial charge in [0, 0.05) is 19.5 Å². The summed E-state index contributed by atoms with van der Waals surface area (Å²) < 4.78 is 0. The molecule has 0 aromatic carbocycles. The van der Waals surface area contributed by atoms with E-state index in [4.69, 9.17) is 0 Å². The Balaban J connectivity index is 4.79. The first-order valence-electron chi connectivity index (χ1n) is 24.4. The summed E-state index contributed by atoms with van der Waals surface area (Å²) in [6.07, 6.45) is 49.2. The van der Waals surface area contributed by atoms with Gasteiger partial charge in [-0.3, -0.25) is 9.59 Å². The molecule has 2 amide bonds. The lowest BCUT2D eigenvalue weighted by molar-refractivity contribution is -0.142. The Morgan fingerprint density at radius 2 is 1.02 bits per heavy atom. The Labute approximate surface area is 350 Å². The summed E-state index contributed by atoms with van der Waals surface area (Å²) in [6, 6.07) is -0.408. The van der Waals surface area contributed by atoms with Crippen molar-refractivity contribution in [2.75, 3.05) is 33.7 Å². The van der Waals surface area contributed by atoms with E-state index in [-0.39, 0.29) is 17.7 Å². The van der Waals surface area contributed by atoms with Crippen LogP contribution in [0.3, 0.4) is 0 Å². The summed E-state index contributed by atoms with van der Waals surface area (Å²) in [4.78, 5) is 32.0. The third-order valence-electron chi connectivity index (χ3n) is 11.3. The van der Waals surface area contributed by atoms with Gasteiger partial charge in [-0.2, -0.15) is 0 Å². The molecule has 2 unspecified atom stereocenters. The van der Waals surface area contributed by atoms with Crippen LogP contribution in [-0.2, 0) is 9.59 Å². The summed E-state index contributed by atoms with van der Waals surface area (Å²) in [5.41, 5.74) is 1.31. The van der Waals surface area contributed by atoms with Gasteiger partial charge in [0.15, 0.2) is 0 Å². The van der Waals surface area contributed by atoms with Crippen LogP contribution >= 0.6 is 0 Å². The minimum absolute atomic E-state index is 0.0499. The molecule has 0 rings (SSSR count). The van der Waals surface area contributed by atoms with Gasteiger partial charge < -0.3 is 15.1 Å². The van der Waals surface area contributed by atoms with Crippen molar-refractivity contribution in [3.05, 3.63) is 36.0 Å². The van der Waals surface area contributed by atoms with Crippen LogP contribution in [0.2, 0.25) is 0 Å². The number of carbonyl (C=O) groups excluding carboxylic acids is 2. The fraction of sp³-hybridized carbons (Fsp3) is 0.843. The minimum Gasteiger partial charge on any atom is -0.354 e. The molecule has 0 heterocycles. The normalized spacial score (nSPS) is 12.9. The van der Waals surface area contributed by atoms with Gasteiger partial charge in [0.05, 0.1) is 0 Å². The van der Waals surface area contributed by atoms with Crippen molar-refractivity contribution in [3.8, 4) is 0 Å². The quantitative estimate of drug-likeness (QED) is 0.0496. The SMILES string of the molecule is CCCCC/C=C\C/C=C\CCCCCCCC(=O)N(CCCN(C)C)C(C(=O)NCCCCCCCCCCCCCCCCCC)C(C)CCC=C(C)C. The Bertz CT molecular complexity index is 966. The maximum absolute atomic E-state index is 14.0. The molecule has 0 aromatic rings. The van der Waals surface area contributed by atoms with Gasteiger partial charge in [0.25, 0.3) is 0 Å². The summed E-state index contributed by atoms with van der Waals surface area (Å²) in [7, 11) is 4.16. The molecule has 0 saturated carbocycles. The molecule has 0 aromatic heterocycles. The summed E-state index contributed by atoms with van der Waals surface area (Å²) in [5.74, 6) is 0.310. The van der Waals surface area contributed by atoms with E-state index in [2.05, 4.69) is 89.3 Å². The van der Waals surface area contributed by atoms with Gasteiger partial charge in [-0.25, -0.2) is 0 Å². The maximum Gasteiger partial charge on any atom is 0.243 e. The van der Waals surface area contributed by atoms with Crippen molar-refractivity contribution in [3.63, 3.8) is 0 Å². The average Bonchev–Trinajstić information content (AvgIpc) is 3.16. The molecular formula is C51H97N3O2. The first kappa shape index (κ1) is 54.1. The molecule has 0 aliphatic rings. The predicted molar refractivity (Wildman–Crippen MR) is 248 cm³/mol. The standard InChI is InChI=1S/C51H97N3O2/c1-8-10-12-14-16-18-20-22-24-26-28-30-32-34-36-38-44-52-51(56)50(48(5)42-39-41-47(3)4)54(46-40-45-53(6)7)49(55)43-37-35-33-31-29-27-25-23-21-19-17-15-13-11-9-2/h17,19,23,25,41,48,50H,8-16,18,20-22,24,26-40,42-46H2,1-7H3,(H,52,56)/b19-17-,25-23-. The van der Waals surface area contributed by atoms with Crippen LogP contribution < -0.4 is 5.32 Å². The van der Waals surface area contributed by atoms with Crippen molar-refractivity contribution >= 4 is 11.8 Å². The molecule has 0 aliphatic heterocycles. The highest BCUT2D eigenvalue weighted by Crippen LogP contribution is 2.21. The highest BCUT2D eigenvalue weighted by molar-refractivity contribution is 5.88. The lowest BCUT2D eigenvalue weighted by atomic mass is 9.93. The summed E-state index contributed by atoms with van der Waals surface area (Å²) in [5, 5.41) is 3.30. The van der Waals surface area contributed by atoms with Crippen molar-refractivity contribution in [1.29, 1.82) is 0 Å². The Kier molecular flexibility index (Phi) is 39.9. The molecule has 0 radical (unpaired) electrons. The van der Waals surface area contributed by atoms with Crippen LogP contribution in [0.5, 0.6) is 0 Å². The largest absolute Gasteiger partial charge is 0.354 e. The number of hydrogen-bond acceptors (Lipinski definition) is 3. The van der Waals surface area contributed by atoms with Crippen molar-refractivity contribution in [1.82, 2.24) is 15.1 Å². The lowest BCUT2D eigenvalue weighted by Gasteiger charge is -2.35. The highest BCUT2D eigenvalue weighted by Gasteiger charge is 2.33. The Morgan fingerprint density at radius 3 is 1.54 bits per heavy atom. The number of unbranched alkanes of at least 4 members (excludes halogenated alkanes) is 23. The van der Waals surface area contributed by atoms with Gasteiger partial charge in [0.1, 0.15) is 6.04 Å². The number of carbonyl (C=O) groups is 2. The monoisotopic (exact) mass is 784 g/mol. The second-order valence-electron chi connectivity index (χ2n) is 17.6. The highest BCUT2D eigenvalue weighted by atomic mass is 16.2. The first-order chi connectivity index (χ1) is 27.2. The van der Waals surface area contributed by atoms with E-state index in [1.54, 1.807) is 0 Å². The third kappa shape index (κ3) is 35.3. The zero-order chi connectivity index (χ0) is 41.3. The topological polar surface area (TPSA) is 52.7 Å². The number of allylic oxidation sites excluding steroid dienone is 6. The minimum atomic E-state index is -0.408. The number of nitrogens with zero attached hydrogens (tertiary/aromatic N) is 2. The van der Waals surface area contributed by atoms with Gasteiger partial charge >= 0.3 is 0 Å². The van der Waals surface area contributed by atoms with E-state index in [1.807, 2.05) is 4.90 Å². The van der Waals surface area contributed by atoms with Gasteiger partial charge in [0.2, 0.25) is 11.8 Å². The number of hydrogen-bond donors (Lipinski definition) is 1. The molecular weight excluding hydrogens is 687 g/mol. The maximum atomic E-state index is 14.0. The second-order valence-corrected chi connectivity index (χ2v) is 17.6. The first-order valence-corrected chi connectivity index (χ1v) is 24.4. The molecule has 56 heavy (non-hydrogen) atoms. The van der Waals surface area contributed by atoms with Crippen LogP contribution in [0.15, 0.2) is 36.0 Å².